The highest BCUT2D eigenvalue weighted by atomic mass is 32.2. The summed E-state index contributed by atoms with van der Waals surface area (Å²) in [7, 11) is 0. The fourth-order valence-electron chi connectivity index (χ4n) is 5.78. The van der Waals surface area contributed by atoms with Crippen LogP contribution in [0.1, 0.15) is 46.6 Å². The van der Waals surface area contributed by atoms with Gasteiger partial charge in [0.15, 0.2) is 12.7 Å². The molecule has 0 radical (unpaired) electrons. The zero-order chi connectivity index (χ0) is 37.3. The summed E-state index contributed by atoms with van der Waals surface area (Å²) >= 11 is 1.40. The summed E-state index contributed by atoms with van der Waals surface area (Å²) in [6, 6.07) is 22.2. The molecule has 0 spiro atoms. The lowest BCUT2D eigenvalue weighted by molar-refractivity contribution is -0.148. The van der Waals surface area contributed by atoms with Crippen molar-refractivity contribution >= 4 is 41.3 Å². The lowest BCUT2D eigenvalue weighted by Crippen LogP contribution is -2.61. The van der Waals surface area contributed by atoms with Gasteiger partial charge in [-0.05, 0) is 69.9 Å². The number of carbonyl (C=O) groups excluding carboxylic acids is 5. The first kappa shape index (κ1) is 38.9. The Balaban J connectivity index is 1.50. The van der Waals surface area contributed by atoms with Crippen LogP contribution in [-0.4, -0.2) is 86.5 Å². The molecular weight excluding hydrogens is 671 g/mol. The first-order chi connectivity index (χ1) is 24.0. The summed E-state index contributed by atoms with van der Waals surface area (Å²) in [4.78, 5) is 67.4. The summed E-state index contributed by atoms with van der Waals surface area (Å²) in [5, 5.41) is 19.7. The van der Waals surface area contributed by atoms with Crippen molar-refractivity contribution in [2.75, 3.05) is 12.5 Å². The molecule has 0 unspecified atom stereocenters. The number of benzene rings is 3. The van der Waals surface area contributed by atoms with E-state index in [1.165, 1.54) is 16.7 Å². The molecule has 1 aliphatic rings. The van der Waals surface area contributed by atoms with E-state index in [-0.39, 0.29) is 18.2 Å². The number of primary amides is 1. The second-order valence-corrected chi connectivity index (χ2v) is 15.6. The molecule has 272 valence electrons. The third-order valence-corrected chi connectivity index (χ3v) is 9.58. The van der Waals surface area contributed by atoms with Crippen LogP contribution in [0.25, 0.3) is 11.1 Å². The topological polar surface area (TPSA) is 180 Å². The van der Waals surface area contributed by atoms with Crippen molar-refractivity contribution in [2.24, 2.45) is 5.73 Å². The maximum absolute atomic E-state index is 14.0. The normalized spacial score (nSPS) is 17.1. The van der Waals surface area contributed by atoms with Crippen LogP contribution in [0.15, 0.2) is 84.9 Å². The van der Waals surface area contributed by atoms with Crippen LogP contribution in [-0.2, 0) is 30.4 Å². The molecule has 0 aromatic heterocycles. The average Bonchev–Trinajstić information content (AvgIpc) is 3.40. The smallest absolute Gasteiger partial charge is 0.258 e. The van der Waals surface area contributed by atoms with E-state index in [9.17, 15) is 29.1 Å². The second-order valence-electron chi connectivity index (χ2n) is 14.0. The van der Waals surface area contributed by atoms with Gasteiger partial charge in [0.05, 0.1) is 18.3 Å². The Hall–Kier alpha value is -4.88. The van der Waals surface area contributed by atoms with E-state index in [0.29, 0.717) is 11.3 Å². The van der Waals surface area contributed by atoms with Crippen LogP contribution in [0.3, 0.4) is 0 Å². The molecule has 0 saturated carbocycles. The van der Waals surface area contributed by atoms with Gasteiger partial charge in [0.25, 0.3) is 11.8 Å². The van der Waals surface area contributed by atoms with Crippen LogP contribution in [0.4, 0.5) is 0 Å². The van der Waals surface area contributed by atoms with E-state index >= 15 is 0 Å². The first-order valence-electron chi connectivity index (χ1n) is 16.7. The number of carbonyl (C=O) groups is 5. The number of hydrogen-bond donors (Lipinski definition) is 5. The van der Waals surface area contributed by atoms with Crippen LogP contribution in [0, 0.1) is 0 Å². The standard InChI is InChI=1S/C38H47N5O7S/c1-37(2,3)42-35(48)33-38(4,5)51-23-43(33)36(49)32(46)28(19-24-13-8-6-9-14-24)41-34(47)29(21-30(39)44)40-31(45)22-50-27-18-12-17-26(20-27)25-15-10-7-11-16-25/h6-18,20,28-29,32-33,46H,19,21-23H2,1-5H3,(H2,39,44)(H,40,45)(H,41,47)(H,42,48)/t28-,29-,32-,33+/m0/s1. The Morgan fingerprint density at radius 1 is 0.941 bits per heavy atom. The average molecular weight is 718 g/mol. The summed E-state index contributed by atoms with van der Waals surface area (Å²) in [6.45, 7) is 8.76. The minimum absolute atomic E-state index is 0.0286. The van der Waals surface area contributed by atoms with Gasteiger partial charge in [-0.15, -0.1) is 11.8 Å². The Morgan fingerprint density at radius 2 is 1.57 bits per heavy atom. The molecule has 4 rings (SSSR count). The predicted octanol–water partition coefficient (Wildman–Crippen LogP) is 2.78. The number of nitrogens with one attached hydrogen (secondary N) is 3. The molecule has 51 heavy (non-hydrogen) atoms. The Labute approximate surface area is 302 Å². The van der Waals surface area contributed by atoms with Gasteiger partial charge in [-0.3, -0.25) is 24.0 Å². The van der Waals surface area contributed by atoms with Gasteiger partial charge in [-0.25, -0.2) is 0 Å². The van der Waals surface area contributed by atoms with Crippen LogP contribution in [0.2, 0.25) is 0 Å². The fourth-order valence-corrected chi connectivity index (χ4v) is 6.92. The number of nitrogens with two attached hydrogens (primary N) is 1. The number of thioether (sulfide) groups is 1. The molecule has 13 heteroatoms. The number of rotatable bonds is 14. The first-order valence-corrected chi connectivity index (χ1v) is 17.7. The van der Waals surface area contributed by atoms with Crippen molar-refractivity contribution < 1.29 is 33.8 Å². The zero-order valence-corrected chi connectivity index (χ0v) is 30.4. The van der Waals surface area contributed by atoms with Crippen molar-refractivity contribution in [1.82, 2.24) is 20.9 Å². The molecule has 4 atom stereocenters. The van der Waals surface area contributed by atoms with Crippen molar-refractivity contribution in [2.45, 2.75) is 82.0 Å². The van der Waals surface area contributed by atoms with E-state index in [1.807, 2.05) is 71.0 Å². The summed E-state index contributed by atoms with van der Waals surface area (Å²) in [6.07, 6.45) is -2.30. The number of nitrogens with zero attached hydrogens (tertiary/aromatic N) is 1. The predicted molar refractivity (Wildman–Crippen MR) is 196 cm³/mol. The van der Waals surface area contributed by atoms with Gasteiger partial charge < -0.3 is 36.4 Å². The van der Waals surface area contributed by atoms with Crippen LogP contribution < -0.4 is 26.4 Å². The molecule has 3 aromatic carbocycles. The fraction of sp³-hybridized carbons (Fsp3) is 0.395. The van der Waals surface area contributed by atoms with Gasteiger partial charge in [0.2, 0.25) is 17.7 Å². The third kappa shape index (κ3) is 11.1. The number of hydrogen-bond acceptors (Lipinski definition) is 8. The highest BCUT2D eigenvalue weighted by Crippen LogP contribution is 2.40. The lowest BCUT2D eigenvalue weighted by atomic mass is 9.96. The van der Waals surface area contributed by atoms with Crippen molar-refractivity contribution in [3.63, 3.8) is 0 Å². The quantitative estimate of drug-likeness (QED) is 0.169. The van der Waals surface area contributed by atoms with Crippen LogP contribution in [0.5, 0.6) is 5.75 Å². The number of amides is 5. The SMILES string of the molecule is CC(C)(C)NC(=O)[C@H]1N(C(=O)[C@@H](O)[C@H](Cc2ccccc2)NC(=O)[C@H](CC(N)=O)NC(=O)COc2cccc(-c3ccccc3)c2)CSC1(C)C. The van der Waals surface area contributed by atoms with E-state index in [1.54, 1.807) is 48.5 Å². The Morgan fingerprint density at radius 3 is 2.20 bits per heavy atom. The molecule has 3 aromatic rings. The van der Waals surface area contributed by atoms with Crippen molar-refractivity contribution in [3.8, 4) is 16.9 Å². The molecule has 1 heterocycles. The maximum Gasteiger partial charge on any atom is 0.258 e. The summed E-state index contributed by atoms with van der Waals surface area (Å²) in [5.41, 5.74) is 7.44. The highest BCUT2D eigenvalue weighted by molar-refractivity contribution is 8.00. The molecule has 5 amide bonds. The third-order valence-electron chi connectivity index (χ3n) is 8.20. The second kappa shape index (κ2) is 16.9. The van der Waals surface area contributed by atoms with E-state index in [4.69, 9.17) is 10.5 Å². The largest absolute Gasteiger partial charge is 0.484 e. The monoisotopic (exact) mass is 717 g/mol. The molecule has 1 aliphatic heterocycles. The minimum atomic E-state index is -1.78. The van der Waals surface area contributed by atoms with Gasteiger partial charge in [-0.1, -0.05) is 72.8 Å². The van der Waals surface area contributed by atoms with E-state index in [0.717, 1.165) is 11.1 Å². The Bertz CT molecular complexity index is 1700. The van der Waals surface area contributed by atoms with Gasteiger partial charge in [-0.2, -0.15) is 0 Å². The summed E-state index contributed by atoms with van der Waals surface area (Å²) < 4.78 is 5.03. The number of aliphatic hydroxyl groups is 1. The molecule has 6 N–H and O–H groups in total. The Kier molecular flexibility index (Phi) is 12.9. The van der Waals surface area contributed by atoms with Gasteiger partial charge in [0, 0.05) is 10.3 Å². The lowest BCUT2D eigenvalue weighted by Gasteiger charge is -2.35. The number of ether oxygens (including phenoxy) is 1. The zero-order valence-electron chi connectivity index (χ0n) is 29.6. The maximum atomic E-state index is 14.0. The van der Waals surface area contributed by atoms with Crippen LogP contribution >= 0.6 is 11.8 Å². The van der Waals surface area contributed by atoms with E-state index < -0.39 is 71.2 Å². The molecule has 1 fully saturated rings. The highest BCUT2D eigenvalue weighted by Gasteiger charge is 2.50. The number of aliphatic hydroxyl groups excluding tert-OH is 1. The minimum Gasteiger partial charge on any atom is -0.484 e. The van der Waals surface area contributed by atoms with Gasteiger partial charge >= 0.3 is 0 Å². The van der Waals surface area contributed by atoms with Gasteiger partial charge in [0.1, 0.15) is 17.8 Å². The molecule has 0 aliphatic carbocycles. The van der Waals surface area contributed by atoms with Crippen molar-refractivity contribution in [3.05, 3.63) is 90.5 Å². The molecule has 1 saturated heterocycles. The molecule has 0 bridgehead atoms. The van der Waals surface area contributed by atoms with Crippen molar-refractivity contribution in [1.29, 1.82) is 0 Å². The molecule has 12 nitrogen and oxygen atoms in total. The summed E-state index contributed by atoms with van der Waals surface area (Å²) in [5.74, 6) is -2.92. The molecular formula is C38H47N5O7S. The van der Waals surface area contributed by atoms with E-state index in [2.05, 4.69) is 16.0 Å².